The van der Waals surface area contributed by atoms with Crippen molar-refractivity contribution in [1.82, 2.24) is 10.2 Å². The van der Waals surface area contributed by atoms with Crippen LogP contribution in [0.25, 0.3) is 0 Å². The molecular formula is C12H19N3O2. The van der Waals surface area contributed by atoms with Crippen molar-refractivity contribution in [3.8, 4) is 6.07 Å². The van der Waals surface area contributed by atoms with E-state index in [2.05, 4.69) is 5.32 Å². The number of nitrogens with one attached hydrogen (secondary N) is 1. The third-order valence-electron chi connectivity index (χ3n) is 3.11. The lowest BCUT2D eigenvalue weighted by Crippen LogP contribution is -2.41. The molecule has 5 nitrogen and oxygen atoms in total. The molecule has 0 aliphatic carbocycles. The predicted octanol–water partition coefficient (Wildman–Crippen LogP) is 0.665. The fraction of sp³-hybridized carbons (Fsp3) is 0.750. The van der Waals surface area contributed by atoms with Gasteiger partial charge >= 0.3 is 0 Å². The molecule has 94 valence electrons. The Morgan fingerprint density at radius 2 is 2.06 bits per heavy atom. The van der Waals surface area contributed by atoms with Crippen molar-refractivity contribution in [2.75, 3.05) is 19.6 Å². The van der Waals surface area contributed by atoms with Gasteiger partial charge in [-0.15, -0.1) is 0 Å². The maximum atomic E-state index is 11.5. The third-order valence-corrected chi connectivity index (χ3v) is 3.11. The van der Waals surface area contributed by atoms with Gasteiger partial charge in [0.1, 0.15) is 6.42 Å². The van der Waals surface area contributed by atoms with Crippen LogP contribution in [0.15, 0.2) is 0 Å². The van der Waals surface area contributed by atoms with E-state index in [1.165, 1.54) is 0 Å². The molecule has 0 aromatic rings. The zero-order chi connectivity index (χ0) is 12.7. The summed E-state index contributed by atoms with van der Waals surface area (Å²) in [4.78, 5) is 24.3. The zero-order valence-corrected chi connectivity index (χ0v) is 10.2. The highest BCUT2D eigenvalue weighted by Gasteiger charge is 2.22. The number of hydrogen-bond acceptors (Lipinski definition) is 3. The number of amides is 2. The summed E-state index contributed by atoms with van der Waals surface area (Å²) in [5, 5.41) is 11.3. The lowest BCUT2D eigenvalue weighted by molar-refractivity contribution is -0.131. The van der Waals surface area contributed by atoms with E-state index in [0.29, 0.717) is 32.0 Å². The Labute approximate surface area is 102 Å². The molecule has 1 heterocycles. The summed E-state index contributed by atoms with van der Waals surface area (Å²) in [5.41, 5.74) is 0. The van der Waals surface area contributed by atoms with Gasteiger partial charge in [-0.2, -0.15) is 5.26 Å². The maximum absolute atomic E-state index is 11.5. The lowest BCUT2D eigenvalue weighted by atomic mass is 9.96. The van der Waals surface area contributed by atoms with E-state index in [0.717, 1.165) is 12.8 Å². The van der Waals surface area contributed by atoms with Gasteiger partial charge < -0.3 is 10.2 Å². The van der Waals surface area contributed by atoms with E-state index in [9.17, 15) is 9.59 Å². The summed E-state index contributed by atoms with van der Waals surface area (Å²) in [7, 11) is 0. The molecular weight excluding hydrogens is 218 g/mol. The molecule has 0 unspecified atom stereocenters. The highest BCUT2D eigenvalue weighted by atomic mass is 16.2. The second-order valence-electron chi connectivity index (χ2n) is 4.32. The normalized spacial score (nSPS) is 16.4. The fourth-order valence-electron chi connectivity index (χ4n) is 1.95. The molecule has 5 heteroatoms. The van der Waals surface area contributed by atoms with Gasteiger partial charge in [0.25, 0.3) is 0 Å². The van der Waals surface area contributed by atoms with Crippen molar-refractivity contribution in [2.24, 2.45) is 5.92 Å². The van der Waals surface area contributed by atoms with Crippen LogP contribution in [0.1, 0.15) is 32.6 Å². The van der Waals surface area contributed by atoms with E-state index in [-0.39, 0.29) is 18.2 Å². The maximum Gasteiger partial charge on any atom is 0.236 e. The predicted molar refractivity (Wildman–Crippen MR) is 62.8 cm³/mol. The van der Waals surface area contributed by atoms with Crippen molar-refractivity contribution >= 4 is 11.8 Å². The molecule has 0 saturated carbocycles. The number of carbonyl (C=O) groups excluding carboxylic acids is 2. The van der Waals surface area contributed by atoms with Crippen molar-refractivity contribution in [3.63, 3.8) is 0 Å². The molecule has 1 aliphatic rings. The standard InChI is InChI=1S/C12H19N3O2/c1-2-11(16)14-9-10-4-7-15(8-5-10)12(17)3-6-13/h10H,2-5,7-9H2,1H3,(H,14,16). The SMILES string of the molecule is CCC(=O)NCC1CCN(C(=O)CC#N)CC1. The minimum atomic E-state index is -0.0801. The van der Waals surface area contributed by atoms with Crippen LogP contribution in [0.3, 0.4) is 0 Å². The summed E-state index contributed by atoms with van der Waals surface area (Å²) in [6, 6.07) is 1.88. The number of hydrogen-bond donors (Lipinski definition) is 1. The average molecular weight is 237 g/mol. The minimum absolute atomic E-state index is 0.0305. The van der Waals surface area contributed by atoms with Gasteiger partial charge in [-0.25, -0.2) is 0 Å². The Hall–Kier alpha value is -1.57. The molecule has 0 spiro atoms. The third kappa shape index (κ3) is 4.43. The quantitative estimate of drug-likeness (QED) is 0.780. The van der Waals surface area contributed by atoms with Crippen LogP contribution >= 0.6 is 0 Å². The molecule has 17 heavy (non-hydrogen) atoms. The summed E-state index contributed by atoms with van der Waals surface area (Å²) in [6.45, 7) is 3.94. The molecule has 1 N–H and O–H groups in total. The van der Waals surface area contributed by atoms with Gasteiger partial charge in [0.15, 0.2) is 0 Å². The van der Waals surface area contributed by atoms with Crippen LogP contribution in [0.5, 0.6) is 0 Å². The Bertz CT molecular complexity index is 314. The molecule has 1 aliphatic heterocycles. The molecule has 1 saturated heterocycles. The van der Waals surface area contributed by atoms with Gasteiger partial charge in [-0.1, -0.05) is 6.92 Å². The fourth-order valence-corrected chi connectivity index (χ4v) is 1.95. The molecule has 0 radical (unpaired) electrons. The van der Waals surface area contributed by atoms with Gasteiger partial charge in [-0.3, -0.25) is 9.59 Å². The van der Waals surface area contributed by atoms with E-state index in [4.69, 9.17) is 5.26 Å². The number of rotatable bonds is 4. The molecule has 0 bridgehead atoms. The first-order valence-corrected chi connectivity index (χ1v) is 6.08. The Balaban J connectivity index is 2.24. The van der Waals surface area contributed by atoms with Crippen LogP contribution < -0.4 is 5.32 Å². The van der Waals surface area contributed by atoms with Crippen molar-refractivity contribution in [2.45, 2.75) is 32.6 Å². The van der Waals surface area contributed by atoms with E-state index in [1.807, 2.05) is 13.0 Å². The van der Waals surface area contributed by atoms with E-state index >= 15 is 0 Å². The molecule has 1 fully saturated rings. The first kappa shape index (κ1) is 13.5. The van der Waals surface area contributed by atoms with Gasteiger partial charge in [0.05, 0.1) is 6.07 Å². The van der Waals surface area contributed by atoms with E-state index < -0.39 is 0 Å². The largest absolute Gasteiger partial charge is 0.356 e. The highest BCUT2D eigenvalue weighted by Crippen LogP contribution is 2.16. The number of likely N-dealkylation sites (tertiary alicyclic amines) is 1. The van der Waals surface area contributed by atoms with Crippen molar-refractivity contribution < 1.29 is 9.59 Å². The topological polar surface area (TPSA) is 73.2 Å². The molecule has 2 amide bonds. The minimum Gasteiger partial charge on any atom is -0.356 e. The zero-order valence-electron chi connectivity index (χ0n) is 10.2. The lowest BCUT2D eigenvalue weighted by Gasteiger charge is -2.31. The summed E-state index contributed by atoms with van der Waals surface area (Å²) in [6.07, 6.45) is 2.29. The summed E-state index contributed by atoms with van der Waals surface area (Å²) >= 11 is 0. The molecule has 0 aromatic heterocycles. The van der Waals surface area contributed by atoms with Crippen LogP contribution in [0.2, 0.25) is 0 Å². The number of nitrogens with zero attached hydrogens (tertiary/aromatic N) is 2. The van der Waals surface area contributed by atoms with Crippen molar-refractivity contribution in [3.05, 3.63) is 0 Å². The van der Waals surface area contributed by atoms with Gasteiger partial charge in [0, 0.05) is 26.1 Å². The average Bonchev–Trinajstić information content (AvgIpc) is 2.36. The van der Waals surface area contributed by atoms with E-state index in [1.54, 1.807) is 4.90 Å². The number of carbonyl (C=O) groups is 2. The second kappa shape index (κ2) is 6.89. The molecule has 0 aromatic carbocycles. The number of piperidine rings is 1. The number of nitriles is 1. The molecule has 0 atom stereocenters. The van der Waals surface area contributed by atoms with Gasteiger partial charge in [-0.05, 0) is 18.8 Å². The Kier molecular flexibility index (Phi) is 5.47. The monoisotopic (exact) mass is 237 g/mol. The highest BCUT2D eigenvalue weighted by molar-refractivity contribution is 5.78. The summed E-state index contributed by atoms with van der Waals surface area (Å²) in [5.74, 6) is 0.452. The Morgan fingerprint density at radius 1 is 1.41 bits per heavy atom. The second-order valence-corrected chi connectivity index (χ2v) is 4.32. The van der Waals surface area contributed by atoms with Crippen LogP contribution in [0, 0.1) is 17.2 Å². The van der Waals surface area contributed by atoms with Crippen LogP contribution in [-0.4, -0.2) is 36.3 Å². The Morgan fingerprint density at radius 3 is 2.59 bits per heavy atom. The first-order chi connectivity index (χ1) is 8.17. The van der Waals surface area contributed by atoms with Gasteiger partial charge in [0.2, 0.25) is 11.8 Å². The van der Waals surface area contributed by atoms with Crippen LogP contribution in [-0.2, 0) is 9.59 Å². The first-order valence-electron chi connectivity index (χ1n) is 6.08. The van der Waals surface area contributed by atoms with Crippen molar-refractivity contribution in [1.29, 1.82) is 5.26 Å². The van der Waals surface area contributed by atoms with Crippen LogP contribution in [0.4, 0.5) is 0 Å². The molecule has 1 rings (SSSR count). The smallest absolute Gasteiger partial charge is 0.236 e. The summed E-state index contributed by atoms with van der Waals surface area (Å²) < 4.78 is 0.